The Balaban J connectivity index is 1.90. The summed E-state index contributed by atoms with van der Waals surface area (Å²) in [5.74, 6) is 0.697. The number of halogens is 1. The van der Waals surface area contributed by atoms with E-state index in [2.05, 4.69) is 15.9 Å². The summed E-state index contributed by atoms with van der Waals surface area (Å²) in [6.45, 7) is 0. The van der Waals surface area contributed by atoms with Crippen LogP contribution in [-0.4, -0.2) is 9.97 Å². The lowest BCUT2D eigenvalue weighted by molar-refractivity contribution is 0.667. The summed E-state index contributed by atoms with van der Waals surface area (Å²) in [6.07, 6.45) is 0. The van der Waals surface area contributed by atoms with E-state index in [4.69, 9.17) is 14.4 Å². The maximum absolute atomic E-state index is 6.15. The Hall–Kier alpha value is -2.98. The van der Waals surface area contributed by atoms with Crippen LogP contribution in [0.2, 0.25) is 0 Å². The third-order valence-electron chi connectivity index (χ3n) is 4.36. The van der Waals surface area contributed by atoms with Crippen LogP contribution in [-0.2, 0) is 0 Å². The van der Waals surface area contributed by atoms with E-state index in [-0.39, 0.29) is 0 Å². The van der Waals surface area contributed by atoms with E-state index in [1.54, 1.807) is 0 Å². The lowest BCUT2D eigenvalue weighted by Gasteiger charge is -2.05. The van der Waals surface area contributed by atoms with Gasteiger partial charge in [-0.25, -0.2) is 9.97 Å². The first kappa shape index (κ1) is 15.3. The smallest absolute Gasteiger partial charge is 0.180 e. The summed E-state index contributed by atoms with van der Waals surface area (Å²) in [6, 6.07) is 26.1. The molecule has 5 aromatic rings. The number of benzene rings is 3. The van der Waals surface area contributed by atoms with Crippen LogP contribution >= 0.6 is 15.9 Å². The predicted octanol–water partition coefficient (Wildman–Crippen LogP) is 6.47. The van der Waals surface area contributed by atoms with Crippen molar-refractivity contribution in [2.24, 2.45) is 0 Å². The maximum atomic E-state index is 6.15. The van der Waals surface area contributed by atoms with Crippen molar-refractivity contribution < 1.29 is 4.42 Å². The van der Waals surface area contributed by atoms with Crippen molar-refractivity contribution in [3.63, 3.8) is 0 Å². The molecule has 3 aromatic carbocycles. The molecule has 3 nitrogen and oxygen atoms in total. The van der Waals surface area contributed by atoms with Crippen LogP contribution in [0.4, 0.5) is 0 Å². The van der Waals surface area contributed by atoms with Crippen LogP contribution in [0.3, 0.4) is 0 Å². The third kappa shape index (κ3) is 2.50. The molecule has 0 fully saturated rings. The molecule has 0 spiro atoms. The highest BCUT2D eigenvalue weighted by atomic mass is 79.9. The second-order valence-electron chi connectivity index (χ2n) is 6.05. The van der Waals surface area contributed by atoms with E-state index in [0.29, 0.717) is 11.4 Å². The average molecular weight is 401 g/mol. The third-order valence-corrected chi connectivity index (χ3v) is 4.85. The zero-order chi connectivity index (χ0) is 17.5. The van der Waals surface area contributed by atoms with Crippen molar-refractivity contribution in [1.82, 2.24) is 9.97 Å². The first-order valence-electron chi connectivity index (χ1n) is 8.30. The highest BCUT2D eigenvalue weighted by molar-refractivity contribution is 9.10. The van der Waals surface area contributed by atoms with Crippen molar-refractivity contribution in [3.8, 4) is 22.6 Å². The van der Waals surface area contributed by atoms with Gasteiger partial charge < -0.3 is 4.42 Å². The van der Waals surface area contributed by atoms with Crippen LogP contribution in [0.25, 0.3) is 44.7 Å². The normalized spacial score (nSPS) is 11.3. The Morgan fingerprint density at radius 1 is 0.731 bits per heavy atom. The van der Waals surface area contributed by atoms with Gasteiger partial charge in [0.25, 0.3) is 0 Å². The van der Waals surface area contributed by atoms with Gasteiger partial charge in [-0.3, -0.25) is 0 Å². The SMILES string of the molecule is Brc1ccc2c(c1)oc1c(-c3ccccc3)nc(-c3ccccc3)nc12. The van der Waals surface area contributed by atoms with Gasteiger partial charge in [0.2, 0.25) is 0 Å². The molecule has 124 valence electrons. The van der Waals surface area contributed by atoms with Crippen LogP contribution in [0.5, 0.6) is 0 Å². The molecule has 5 rings (SSSR count). The Labute approximate surface area is 158 Å². The first-order valence-corrected chi connectivity index (χ1v) is 9.09. The van der Waals surface area contributed by atoms with Gasteiger partial charge in [0.1, 0.15) is 16.8 Å². The monoisotopic (exact) mass is 400 g/mol. The number of rotatable bonds is 2. The molecular formula is C22H13BrN2O. The molecule has 0 saturated heterocycles. The van der Waals surface area contributed by atoms with E-state index in [0.717, 1.165) is 37.8 Å². The van der Waals surface area contributed by atoms with Crippen molar-refractivity contribution in [2.45, 2.75) is 0 Å². The van der Waals surface area contributed by atoms with Gasteiger partial charge in [-0.1, -0.05) is 76.6 Å². The molecule has 0 unspecified atom stereocenters. The lowest BCUT2D eigenvalue weighted by atomic mass is 10.1. The minimum Gasteiger partial charge on any atom is -0.452 e. The zero-order valence-electron chi connectivity index (χ0n) is 13.7. The Morgan fingerprint density at radius 2 is 1.42 bits per heavy atom. The largest absolute Gasteiger partial charge is 0.452 e. The molecule has 0 bridgehead atoms. The molecule has 0 aliphatic carbocycles. The molecule has 0 N–H and O–H groups in total. The molecule has 4 heteroatoms. The molecule has 0 aliphatic rings. The van der Waals surface area contributed by atoms with Crippen LogP contribution in [0.15, 0.2) is 87.8 Å². The molecule has 0 saturated carbocycles. The van der Waals surface area contributed by atoms with E-state index >= 15 is 0 Å². The second kappa shape index (κ2) is 6.07. The standard InChI is InChI=1S/C22H13BrN2O/c23-16-11-12-17-18(13-16)26-21-19(14-7-3-1-4-8-14)24-22(25-20(17)21)15-9-5-2-6-10-15/h1-13H. The predicted molar refractivity (Wildman–Crippen MR) is 108 cm³/mol. The number of hydrogen-bond acceptors (Lipinski definition) is 3. The van der Waals surface area contributed by atoms with Gasteiger partial charge in [0, 0.05) is 21.0 Å². The minimum absolute atomic E-state index is 0.697. The summed E-state index contributed by atoms with van der Waals surface area (Å²) >= 11 is 3.51. The van der Waals surface area contributed by atoms with Crippen molar-refractivity contribution in [2.75, 3.05) is 0 Å². The number of fused-ring (bicyclic) bond motifs is 3. The van der Waals surface area contributed by atoms with E-state index in [1.807, 2.05) is 78.9 Å². The van der Waals surface area contributed by atoms with E-state index in [1.165, 1.54) is 0 Å². The fourth-order valence-electron chi connectivity index (χ4n) is 3.12. The van der Waals surface area contributed by atoms with Gasteiger partial charge in [-0.05, 0) is 18.2 Å². The molecule has 0 atom stereocenters. The van der Waals surface area contributed by atoms with Crippen LogP contribution < -0.4 is 0 Å². The summed E-state index contributed by atoms with van der Waals surface area (Å²) in [7, 11) is 0. The summed E-state index contributed by atoms with van der Waals surface area (Å²) in [4.78, 5) is 9.67. The Morgan fingerprint density at radius 3 is 2.15 bits per heavy atom. The Bertz CT molecular complexity index is 1230. The number of hydrogen-bond donors (Lipinski definition) is 0. The second-order valence-corrected chi connectivity index (χ2v) is 6.96. The molecule has 2 heterocycles. The van der Waals surface area contributed by atoms with E-state index < -0.39 is 0 Å². The fourth-order valence-corrected chi connectivity index (χ4v) is 3.46. The summed E-state index contributed by atoms with van der Waals surface area (Å²) in [5.41, 5.74) is 5.14. The number of aromatic nitrogens is 2. The minimum atomic E-state index is 0.697. The summed E-state index contributed by atoms with van der Waals surface area (Å²) < 4.78 is 7.13. The van der Waals surface area contributed by atoms with E-state index in [9.17, 15) is 0 Å². The molecule has 0 aliphatic heterocycles. The van der Waals surface area contributed by atoms with Crippen LogP contribution in [0, 0.1) is 0 Å². The summed E-state index contributed by atoms with van der Waals surface area (Å²) in [5, 5.41) is 0.986. The highest BCUT2D eigenvalue weighted by Gasteiger charge is 2.17. The van der Waals surface area contributed by atoms with Gasteiger partial charge in [-0.2, -0.15) is 0 Å². The number of furan rings is 1. The Kier molecular flexibility index (Phi) is 3.57. The molecule has 0 radical (unpaired) electrons. The topological polar surface area (TPSA) is 38.9 Å². The molecular weight excluding hydrogens is 388 g/mol. The van der Waals surface area contributed by atoms with Gasteiger partial charge in [-0.15, -0.1) is 0 Å². The zero-order valence-corrected chi connectivity index (χ0v) is 15.3. The molecule has 0 amide bonds. The van der Waals surface area contributed by atoms with Gasteiger partial charge >= 0.3 is 0 Å². The quantitative estimate of drug-likeness (QED) is 0.340. The molecule has 2 aromatic heterocycles. The van der Waals surface area contributed by atoms with Gasteiger partial charge in [0.15, 0.2) is 11.4 Å². The average Bonchev–Trinajstić information content (AvgIpc) is 3.06. The maximum Gasteiger partial charge on any atom is 0.180 e. The van der Waals surface area contributed by atoms with Crippen molar-refractivity contribution >= 4 is 38.0 Å². The van der Waals surface area contributed by atoms with Crippen LogP contribution in [0.1, 0.15) is 0 Å². The lowest BCUT2D eigenvalue weighted by Crippen LogP contribution is -1.93. The fraction of sp³-hybridized carbons (Fsp3) is 0. The first-order chi connectivity index (χ1) is 12.8. The van der Waals surface area contributed by atoms with Gasteiger partial charge in [0.05, 0.1) is 0 Å². The van der Waals surface area contributed by atoms with Crippen molar-refractivity contribution in [3.05, 3.63) is 83.3 Å². The number of nitrogens with zero attached hydrogens (tertiary/aromatic N) is 2. The van der Waals surface area contributed by atoms with Crippen molar-refractivity contribution in [1.29, 1.82) is 0 Å². The highest BCUT2D eigenvalue weighted by Crippen LogP contribution is 2.36. The molecule has 26 heavy (non-hydrogen) atoms.